The predicted molar refractivity (Wildman–Crippen MR) is 80.7 cm³/mol. The number of hydrogen-bond donors (Lipinski definition) is 1. The Morgan fingerprint density at radius 2 is 2.00 bits per heavy atom. The van der Waals surface area contributed by atoms with E-state index in [0.29, 0.717) is 12.5 Å². The van der Waals surface area contributed by atoms with Gasteiger partial charge in [0.25, 0.3) is 0 Å². The average molecular weight is 278 g/mol. The highest BCUT2D eigenvalue weighted by Gasteiger charge is 2.25. The zero-order valence-electron chi connectivity index (χ0n) is 11.7. The number of carbonyl (C=O) groups excluding carboxylic acids is 1. The third-order valence-corrected chi connectivity index (χ3v) is 4.11. The van der Waals surface area contributed by atoms with Crippen LogP contribution in [0.4, 0.5) is 0 Å². The summed E-state index contributed by atoms with van der Waals surface area (Å²) in [6.45, 7) is 8.11. The molecule has 1 saturated heterocycles. The Bertz CT molecular complexity index is 432. The van der Waals surface area contributed by atoms with Crippen LogP contribution in [-0.2, 0) is 11.2 Å². The van der Waals surface area contributed by atoms with Crippen LogP contribution < -0.4 is 0 Å². The van der Waals surface area contributed by atoms with Gasteiger partial charge in [0.05, 0.1) is 6.42 Å². The lowest BCUT2D eigenvalue weighted by atomic mass is 10.1. The van der Waals surface area contributed by atoms with Crippen molar-refractivity contribution in [2.75, 3.05) is 26.2 Å². The Morgan fingerprint density at radius 3 is 2.58 bits per heavy atom. The number of amides is 1. The summed E-state index contributed by atoms with van der Waals surface area (Å²) in [7, 11) is 0. The zero-order chi connectivity index (χ0) is 13.8. The van der Waals surface area contributed by atoms with Gasteiger partial charge in [0.2, 0.25) is 5.91 Å². The summed E-state index contributed by atoms with van der Waals surface area (Å²) in [4.78, 5) is 17.6. The molecule has 0 radical (unpaired) electrons. The minimum absolute atomic E-state index is 0.231. The molecule has 0 aromatic heterocycles. The van der Waals surface area contributed by atoms with Crippen molar-refractivity contribution in [3.8, 4) is 0 Å². The number of rotatable bonds is 3. The summed E-state index contributed by atoms with van der Waals surface area (Å²) >= 11 is 4.26. The van der Waals surface area contributed by atoms with Crippen LogP contribution in [0.25, 0.3) is 0 Å². The molecule has 0 bridgehead atoms. The lowest BCUT2D eigenvalue weighted by Crippen LogP contribution is -2.53. The molecule has 4 heteroatoms. The van der Waals surface area contributed by atoms with Crippen molar-refractivity contribution in [1.29, 1.82) is 0 Å². The smallest absolute Gasteiger partial charge is 0.227 e. The van der Waals surface area contributed by atoms with E-state index in [9.17, 15) is 4.79 Å². The van der Waals surface area contributed by atoms with Crippen LogP contribution in [0, 0.1) is 0 Å². The number of carbonyl (C=O) groups is 1. The summed E-state index contributed by atoms with van der Waals surface area (Å²) in [5.74, 6) is 0.231. The molecule has 0 N–H and O–H groups in total. The third-order valence-electron chi connectivity index (χ3n) is 3.82. The molecular weight excluding hydrogens is 256 g/mol. The minimum atomic E-state index is 0.231. The van der Waals surface area contributed by atoms with E-state index in [1.54, 1.807) is 0 Å². The fourth-order valence-corrected chi connectivity index (χ4v) is 2.74. The second-order valence-corrected chi connectivity index (χ2v) is 5.68. The molecule has 0 spiro atoms. The number of hydrogen-bond acceptors (Lipinski definition) is 3. The van der Waals surface area contributed by atoms with Gasteiger partial charge in [-0.25, -0.2) is 0 Å². The van der Waals surface area contributed by atoms with Gasteiger partial charge in [-0.05, 0) is 31.2 Å². The largest absolute Gasteiger partial charge is 0.340 e. The van der Waals surface area contributed by atoms with Crippen molar-refractivity contribution in [3.05, 3.63) is 29.8 Å². The first kappa shape index (κ1) is 14.4. The van der Waals surface area contributed by atoms with Crippen LogP contribution in [0.3, 0.4) is 0 Å². The van der Waals surface area contributed by atoms with Crippen LogP contribution in [0.5, 0.6) is 0 Å². The molecule has 1 fully saturated rings. The van der Waals surface area contributed by atoms with Crippen molar-refractivity contribution in [1.82, 2.24) is 9.80 Å². The van der Waals surface area contributed by atoms with Gasteiger partial charge in [0, 0.05) is 30.6 Å². The molecule has 1 atom stereocenters. The lowest BCUT2D eigenvalue weighted by Gasteiger charge is -2.39. The standard InChI is InChI=1S/C15H22N2OS/c1-3-16-8-9-17(11-12(16)2)15(18)10-13-4-6-14(19)7-5-13/h4-7,12,19H,3,8-11H2,1-2H3. The Hall–Kier alpha value is -1.00. The van der Waals surface area contributed by atoms with Gasteiger partial charge in [-0.3, -0.25) is 9.69 Å². The minimum Gasteiger partial charge on any atom is -0.340 e. The molecule has 1 aromatic rings. The van der Waals surface area contributed by atoms with E-state index in [2.05, 4.69) is 31.4 Å². The fourth-order valence-electron chi connectivity index (χ4n) is 2.59. The predicted octanol–water partition coefficient (Wildman–Crippen LogP) is 2.07. The van der Waals surface area contributed by atoms with E-state index in [1.807, 2.05) is 29.2 Å². The maximum atomic E-state index is 12.3. The molecule has 1 heterocycles. The molecule has 19 heavy (non-hydrogen) atoms. The number of benzene rings is 1. The van der Waals surface area contributed by atoms with Gasteiger partial charge in [-0.2, -0.15) is 0 Å². The van der Waals surface area contributed by atoms with Gasteiger partial charge >= 0.3 is 0 Å². The van der Waals surface area contributed by atoms with Crippen LogP contribution in [0.1, 0.15) is 19.4 Å². The van der Waals surface area contributed by atoms with E-state index in [4.69, 9.17) is 0 Å². The van der Waals surface area contributed by atoms with Gasteiger partial charge < -0.3 is 4.90 Å². The van der Waals surface area contributed by atoms with E-state index < -0.39 is 0 Å². The first-order valence-corrected chi connectivity index (χ1v) is 7.34. The molecule has 104 valence electrons. The summed E-state index contributed by atoms with van der Waals surface area (Å²) < 4.78 is 0. The maximum absolute atomic E-state index is 12.3. The second kappa shape index (κ2) is 6.44. The Balaban J connectivity index is 1.92. The molecule has 3 nitrogen and oxygen atoms in total. The highest BCUT2D eigenvalue weighted by molar-refractivity contribution is 7.80. The summed E-state index contributed by atoms with van der Waals surface area (Å²) in [6, 6.07) is 8.28. The van der Waals surface area contributed by atoms with Gasteiger partial charge in [-0.15, -0.1) is 12.6 Å². The molecule has 0 aliphatic carbocycles. The van der Waals surface area contributed by atoms with Gasteiger partial charge in [0.15, 0.2) is 0 Å². The van der Waals surface area contributed by atoms with E-state index in [-0.39, 0.29) is 5.91 Å². The van der Waals surface area contributed by atoms with Crippen molar-refractivity contribution >= 4 is 18.5 Å². The average Bonchev–Trinajstić information content (AvgIpc) is 2.41. The SMILES string of the molecule is CCN1CCN(C(=O)Cc2ccc(S)cc2)CC1C. The molecule has 1 aliphatic heterocycles. The van der Waals surface area contributed by atoms with Gasteiger partial charge in [-0.1, -0.05) is 19.1 Å². The zero-order valence-corrected chi connectivity index (χ0v) is 12.6. The highest BCUT2D eigenvalue weighted by Crippen LogP contribution is 2.13. The van der Waals surface area contributed by atoms with Gasteiger partial charge in [0.1, 0.15) is 0 Å². The highest BCUT2D eigenvalue weighted by atomic mass is 32.1. The molecule has 1 aliphatic rings. The first-order valence-electron chi connectivity index (χ1n) is 6.90. The Labute approximate surface area is 121 Å². The quantitative estimate of drug-likeness (QED) is 0.856. The molecule has 1 unspecified atom stereocenters. The Kier molecular flexibility index (Phi) is 4.88. The third kappa shape index (κ3) is 3.74. The normalized spacial score (nSPS) is 20.6. The van der Waals surface area contributed by atoms with Crippen LogP contribution in [0.2, 0.25) is 0 Å². The van der Waals surface area contributed by atoms with E-state index in [1.165, 1.54) is 0 Å². The molecular formula is C15H22N2OS. The van der Waals surface area contributed by atoms with E-state index >= 15 is 0 Å². The van der Waals surface area contributed by atoms with Crippen molar-refractivity contribution < 1.29 is 4.79 Å². The lowest BCUT2D eigenvalue weighted by molar-refractivity contribution is -0.133. The first-order chi connectivity index (χ1) is 9.10. The summed E-state index contributed by atoms with van der Waals surface area (Å²) in [5, 5.41) is 0. The van der Waals surface area contributed by atoms with Crippen LogP contribution in [0.15, 0.2) is 29.2 Å². The monoisotopic (exact) mass is 278 g/mol. The van der Waals surface area contributed by atoms with Crippen LogP contribution in [-0.4, -0.2) is 47.9 Å². The molecule has 1 amide bonds. The van der Waals surface area contributed by atoms with Crippen molar-refractivity contribution in [2.45, 2.75) is 31.2 Å². The summed E-state index contributed by atoms with van der Waals surface area (Å²) in [5.41, 5.74) is 1.06. The molecule has 1 aromatic carbocycles. The molecule has 2 rings (SSSR count). The molecule has 0 saturated carbocycles. The van der Waals surface area contributed by atoms with Crippen LogP contribution >= 0.6 is 12.6 Å². The van der Waals surface area contributed by atoms with Crippen molar-refractivity contribution in [2.24, 2.45) is 0 Å². The fraction of sp³-hybridized carbons (Fsp3) is 0.533. The number of piperazine rings is 1. The Morgan fingerprint density at radius 1 is 1.32 bits per heavy atom. The maximum Gasteiger partial charge on any atom is 0.227 e. The number of likely N-dealkylation sites (N-methyl/N-ethyl adjacent to an activating group) is 1. The summed E-state index contributed by atoms with van der Waals surface area (Å²) in [6.07, 6.45) is 0.493. The topological polar surface area (TPSA) is 23.6 Å². The number of thiol groups is 1. The van der Waals surface area contributed by atoms with Crippen molar-refractivity contribution in [3.63, 3.8) is 0 Å². The second-order valence-electron chi connectivity index (χ2n) is 5.16. The van der Waals surface area contributed by atoms with E-state index in [0.717, 1.165) is 36.6 Å². The number of nitrogens with zero attached hydrogens (tertiary/aromatic N) is 2.